The van der Waals surface area contributed by atoms with E-state index >= 15 is 0 Å². The van der Waals surface area contributed by atoms with Gasteiger partial charge in [0.25, 0.3) is 0 Å². The SMILES string of the molecule is OC[C@H]1OC(n2cnc3c(N[C@H]4CCN(c5ccccn5)C4)ncnc32)[C@@H](O)[C@H]1O. The van der Waals surface area contributed by atoms with Gasteiger partial charge in [-0.3, -0.25) is 4.57 Å². The number of nitrogens with zero attached hydrogens (tertiary/aromatic N) is 6. The highest BCUT2D eigenvalue weighted by Crippen LogP contribution is 2.32. The molecule has 0 aromatic carbocycles. The van der Waals surface area contributed by atoms with Crippen molar-refractivity contribution in [1.82, 2.24) is 24.5 Å². The van der Waals surface area contributed by atoms with Crippen molar-refractivity contribution in [1.29, 1.82) is 0 Å². The molecule has 158 valence electrons. The van der Waals surface area contributed by atoms with Crippen molar-refractivity contribution in [2.75, 3.05) is 29.9 Å². The lowest BCUT2D eigenvalue weighted by atomic mass is 10.1. The number of hydrogen-bond donors (Lipinski definition) is 4. The van der Waals surface area contributed by atoms with Crippen molar-refractivity contribution >= 4 is 22.8 Å². The maximum absolute atomic E-state index is 10.3. The molecule has 0 bridgehead atoms. The number of fused-ring (bicyclic) bond motifs is 1. The summed E-state index contributed by atoms with van der Waals surface area (Å²) in [6.07, 6.45) is 1.50. The Bertz CT molecular complexity index is 1020. The van der Waals surface area contributed by atoms with Crippen LogP contribution >= 0.6 is 0 Å². The van der Waals surface area contributed by atoms with Crippen LogP contribution in [0.2, 0.25) is 0 Å². The molecule has 1 unspecified atom stereocenters. The molecule has 4 N–H and O–H groups in total. The molecule has 2 saturated heterocycles. The second-order valence-corrected chi connectivity index (χ2v) is 7.54. The monoisotopic (exact) mass is 413 g/mol. The molecule has 11 heteroatoms. The fourth-order valence-electron chi connectivity index (χ4n) is 4.07. The smallest absolute Gasteiger partial charge is 0.167 e. The molecule has 0 amide bonds. The quantitative estimate of drug-likeness (QED) is 0.433. The Hall–Kier alpha value is -2.86. The van der Waals surface area contributed by atoms with Crippen molar-refractivity contribution in [3.05, 3.63) is 37.1 Å². The van der Waals surface area contributed by atoms with Gasteiger partial charge in [0.1, 0.15) is 30.5 Å². The summed E-state index contributed by atoms with van der Waals surface area (Å²) in [6.45, 7) is 1.29. The van der Waals surface area contributed by atoms with E-state index in [9.17, 15) is 15.3 Å². The van der Waals surface area contributed by atoms with Gasteiger partial charge in [0.05, 0.1) is 12.9 Å². The van der Waals surface area contributed by atoms with E-state index in [1.165, 1.54) is 12.7 Å². The summed E-state index contributed by atoms with van der Waals surface area (Å²) >= 11 is 0. The van der Waals surface area contributed by atoms with Gasteiger partial charge >= 0.3 is 0 Å². The van der Waals surface area contributed by atoms with E-state index in [4.69, 9.17) is 4.74 Å². The Morgan fingerprint density at radius 2 is 2.03 bits per heavy atom. The fraction of sp³-hybridized carbons (Fsp3) is 0.474. The van der Waals surface area contributed by atoms with Gasteiger partial charge in [0.2, 0.25) is 0 Å². The number of ether oxygens (including phenoxy) is 1. The Kier molecular flexibility index (Phi) is 4.95. The van der Waals surface area contributed by atoms with Gasteiger partial charge < -0.3 is 30.3 Å². The number of anilines is 2. The van der Waals surface area contributed by atoms with E-state index < -0.39 is 31.1 Å². The van der Waals surface area contributed by atoms with Crippen LogP contribution < -0.4 is 10.2 Å². The molecule has 3 aromatic rings. The summed E-state index contributed by atoms with van der Waals surface area (Å²) in [5, 5.41) is 33.1. The third-order valence-corrected chi connectivity index (χ3v) is 5.65. The number of nitrogens with one attached hydrogen (secondary N) is 1. The second-order valence-electron chi connectivity index (χ2n) is 7.54. The fourth-order valence-corrected chi connectivity index (χ4v) is 4.07. The molecular formula is C19H23N7O4. The largest absolute Gasteiger partial charge is 0.394 e. The summed E-state index contributed by atoms with van der Waals surface area (Å²) in [5.74, 6) is 1.54. The summed E-state index contributed by atoms with van der Waals surface area (Å²) in [4.78, 5) is 19.7. The maximum atomic E-state index is 10.3. The number of rotatable bonds is 5. The zero-order valence-electron chi connectivity index (χ0n) is 16.1. The highest BCUT2D eigenvalue weighted by molar-refractivity contribution is 5.83. The third-order valence-electron chi connectivity index (χ3n) is 5.65. The zero-order valence-corrected chi connectivity index (χ0v) is 16.1. The van der Waals surface area contributed by atoms with Gasteiger partial charge in [-0.15, -0.1) is 0 Å². The molecule has 0 spiro atoms. The number of aliphatic hydroxyl groups is 3. The molecule has 0 radical (unpaired) electrons. The molecule has 2 aliphatic rings. The summed E-state index contributed by atoms with van der Waals surface area (Å²) < 4.78 is 7.16. The van der Waals surface area contributed by atoms with Crippen LogP contribution in [-0.2, 0) is 4.74 Å². The molecular weight excluding hydrogens is 390 g/mol. The van der Waals surface area contributed by atoms with Gasteiger partial charge in [0.15, 0.2) is 23.2 Å². The molecule has 2 aliphatic heterocycles. The predicted molar refractivity (Wildman–Crippen MR) is 107 cm³/mol. The van der Waals surface area contributed by atoms with E-state index in [0.717, 1.165) is 25.3 Å². The number of imidazole rings is 1. The minimum absolute atomic E-state index is 0.171. The molecule has 0 aliphatic carbocycles. The van der Waals surface area contributed by atoms with Crippen LogP contribution in [0.1, 0.15) is 12.6 Å². The van der Waals surface area contributed by atoms with E-state index in [-0.39, 0.29) is 6.04 Å². The van der Waals surface area contributed by atoms with Gasteiger partial charge in [-0.05, 0) is 18.6 Å². The highest BCUT2D eigenvalue weighted by Gasteiger charge is 2.44. The van der Waals surface area contributed by atoms with Gasteiger partial charge in [-0.1, -0.05) is 6.07 Å². The van der Waals surface area contributed by atoms with E-state index in [1.807, 2.05) is 18.2 Å². The van der Waals surface area contributed by atoms with Crippen molar-refractivity contribution in [3.8, 4) is 0 Å². The number of pyridine rings is 1. The first-order chi connectivity index (χ1) is 14.7. The summed E-state index contributed by atoms with van der Waals surface area (Å²) in [7, 11) is 0. The third kappa shape index (κ3) is 3.25. The topological polar surface area (TPSA) is 142 Å². The van der Waals surface area contributed by atoms with Crippen LogP contribution in [0, 0.1) is 0 Å². The second kappa shape index (κ2) is 7.76. The molecule has 5 rings (SSSR count). The average molecular weight is 413 g/mol. The Labute approximate surface area is 172 Å². The predicted octanol–water partition coefficient (Wildman–Crippen LogP) is -0.476. The lowest BCUT2D eigenvalue weighted by molar-refractivity contribution is -0.0511. The first-order valence-corrected chi connectivity index (χ1v) is 9.88. The van der Waals surface area contributed by atoms with Gasteiger partial charge in [-0.25, -0.2) is 19.9 Å². The van der Waals surface area contributed by atoms with Gasteiger partial charge in [-0.2, -0.15) is 0 Å². The number of aliphatic hydroxyl groups excluding tert-OH is 3. The van der Waals surface area contributed by atoms with Crippen LogP contribution in [-0.4, -0.2) is 83.9 Å². The molecule has 11 nitrogen and oxygen atoms in total. The van der Waals surface area contributed by atoms with Crippen LogP contribution in [0.4, 0.5) is 11.6 Å². The first kappa shape index (κ1) is 19.1. The Balaban J connectivity index is 1.36. The molecule has 0 saturated carbocycles. The molecule has 30 heavy (non-hydrogen) atoms. The number of hydrogen-bond acceptors (Lipinski definition) is 10. The standard InChI is InChI=1S/C19H23N7O4/c27-8-12-15(28)16(29)19(30-12)26-10-23-14-17(21-9-22-18(14)26)24-11-4-6-25(7-11)13-3-1-2-5-20-13/h1-3,5,9-12,15-16,19,27-29H,4,6-8H2,(H,21,22,24)/t11-,12+,15-,16-,19?/m0/s1. The van der Waals surface area contributed by atoms with Crippen LogP contribution in [0.25, 0.3) is 11.2 Å². The zero-order chi connectivity index (χ0) is 20.7. The molecule has 5 atom stereocenters. The lowest BCUT2D eigenvalue weighted by Crippen LogP contribution is -2.33. The van der Waals surface area contributed by atoms with E-state index in [2.05, 4.69) is 30.2 Å². The Morgan fingerprint density at radius 3 is 2.80 bits per heavy atom. The van der Waals surface area contributed by atoms with E-state index in [1.54, 1.807) is 10.8 Å². The maximum Gasteiger partial charge on any atom is 0.167 e. The average Bonchev–Trinajstić information content (AvgIpc) is 3.48. The molecule has 3 aromatic heterocycles. The summed E-state index contributed by atoms with van der Waals surface area (Å²) in [5.41, 5.74) is 1.02. The molecule has 2 fully saturated rings. The minimum Gasteiger partial charge on any atom is -0.394 e. The van der Waals surface area contributed by atoms with Crippen LogP contribution in [0.5, 0.6) is 0 Å². The Morgan fingerprint density at radius 1 is 1.13 bits per heavy atom. The first-order valence-electron chi connectivity index (χ1n) is 9.88. The van der Waals surface area contributed by atoms with Crippen molar-refractivity contribution < 1.29 is 20.1 Å². The van der Waals surface area contributed by atoms with Crippen LogP contribution in [0.3, 0.4) is 0 Å². The highest BCUT2D eigenvalue weighted by atomic mass is 16.6. The minimum atomic E-state index is -1.20. The van der Waals surface area contributed by atoms with Gasteiger partial charge in [0, 0.05) is 25.3 Å². The lowest BCUT2D eigenvalue weighted by Gasteiger charge is -2.18. The van der Waals surface area contributed by atoms with Crippen molar-refractivity contribution in [2.45, 2.75) is 37.0 Å². The summed E-state index contributed by atoms with van der Waals surface area (Å²) in [6, 6.07) is 6.04. The normalized spacial score (nSPS) is 29.0. The number of aromatic nitrogens is 5. The van der Waals surface area contributed by atoms with Crippen LogP contribution in [0.15, 0.2) is 37.1 Å². The van der Waals surface area contributed by atoms with Crippen molar-refractivity contribution in [3.63, 3.8) is 0 Å². The van der Waals surface area contributed by atoms with Crippen molar-refractivity contribution in [2.24, 2.45) is 0 Å². The molecule has 5 heterocycles. The van der Waals surface area contributed by atoms with E-state index in [0.29, 0.717) is 17.0 Å².